The van der Waals surface area contributed by atoms with E-state index in [4.69, 9.17) is 9.47 Å². The molecule has 43 heavy (non-hydrogen) atoms. The minimum Gasteiger partial charge on any atom is -0.497 e. The maximum atomic E-state index is 13.3. The third-order valence-corrected chi connectivity index (χ3v) is 6.80. The van der Waals surface area contributed by atoms with Crippen molar-refractivity contribution < 1.29 is 19.1 Å². The standard InChI is InChI=1S/C36H29N3O4/c1-3-43-36(41)27-14-18-31(19-15-27)39-33(25-10-6-4-7-11-25)23-28(34(39)26-12-8-5-9-13-26)22-29(24-37)35(40)38-30-16-20-32(42-2)21-17-30/h4-23H,3H2,1-2H3,(H,38,40)/b29-22+. The second kappa shape index (κ2) is 13.2. The SMILES string of the molecule is CCOC(=O)c1ccc(-n2c(-c3ccccc3)cc(/C=C(\C#N)C(=O)Nc3ccc(OC)cc3)c2-c2ccccc2)cc1. The summed E-state index contributed by atoms with van der Waals surface area (Å²) in [7, 11) is 1.57. The van der Waals surface area contributed by atoms with Crippen molar-refractivity contribution in [3.8, 4) is 40.0 Å². The number of hydrogen-bond donors (Lipinski definition) is 1. The molecule has 0 saturated carbocycles. The third-order valence-electron chi connectivity index (χ3n) is 6.80. The number of benzene rings is 4. The van der Waals surface area contributed by atoms with Crippen molar-refractivity contribution >= 4 is 23.6 Å². The van der Waals surface area contributed by atoms with Crippen molar-refractivity contribution in [3.05, 3.63) is 132 Å². The van der Waals surface area contributed by atoms with Gasteiger partial charge in [-0.3, -0.25) is 4.79 Å². The van der Waals surface area contributed by atoms with Gasteiger partial charge in [0.2, 0.25) is 0 Å². The fourth-order valence-corrected chi connectivity index (χ4v) is 4.76. The number of carbonyl (C=O) groups excluding carboxylic acids is 2. The lowest BCUT2D eigenvalue weighted by Gasteiger charge is -2.15. The van der Waals surface area contributed by atoms with Crippen LogP contribution in [0.3, 0.4) is 0 Å². The molecule has 1 N–H and O–H groups in total. The first kappa shape index (κ1) is 28.7. The van der Waals surface area contributed by atoms with Crippen LogP contribution in [0.15, 0.2) is 121 Å². The Balaban J connectivity index is 1.67. The molecule has 0 spiro atoms. The molecule has 5 rings (SSSR count). The lowest BCUT2D eigenvalue weighted by atomic mass is 10.0. The van der Waals surface area contributed by atoms with Crippen molar-refractivity contribution in [3.63, 3.8) is 0 Å². The molecule has 0 bridgehead atoms. The summed E-state index contributed by atoms with van der Waals surface area (Å²) in [6.45, 7) is 2.06. The second-order valence-corrected chi connectivity index (χ2v) is 9.52. The van der Waals surface area contributed by atoms with E-state index >= 15 is 0 Å². The van der Waals surface area contributed by atoms with Gasteiger partial charge in [-0.25, -0.2) is 4.79 Å². The highest BCUT2D eigenvalue weighted by molar-refractivity contribution is 6.10. The minimum atomic E-state index is -0.528. The van der Waals surface area contributed by atoms with Crippen LogP contribution in [-0.4, -0.2) is 30.2 Å². The van der Waals surface area contributed by atoms with Crippen molar-refractivity contribution in [2.24, 2.45) is 0 Å². The highest BCUT2D eigenvalue weighted by Gasteiger charge is 2.21. The van der Waals surface area contributed by atoms with Crippen LogP contribution in [0, 0.1) is 11.3 Å². The van der Waals surface area contributed by atoms with E-state index in [9.17, 15) is 14.9 Å². The Bertz CT molecular complexity index is 1800. The van der Waals surface area contributed by atoms with Gasteiger partial charge in [-0.15, -0.1) is 0 Å². The number of methoxy groups -OCH3 is 1. The van der Waals surface area contributed by atoms with Crippen LogP contribution in [0.25, 0.3) is 34.3 Å². The Morgan fingerprint density at radius 1 is 0.860 bits per heavy atom. The summed E-state index contributed by atoms with van der Waals surface area (Å²) in [6.07, 6.45) is 1.61. The molecule has 7 nitrogen and oxygen atoms in total. The fourth-order valence-electron chi connectivity index (χ4n) is 4.76. The molecule has 0 atom stereocenters. The van der Waals surface area contributed by atoms with Gasteiger partial charge in [0.1, 0.15) is 17.4 Å². The Kier molecular flexibility index (Phi) is 8.79. The summed E-state index contributed by atoms with van der Waals surface area (Å²) >= 11 is 0. The smallest absolute Gasteiger partial charge is 0.338 e. The molecule has 212 valence electrons. The average Bonchev–Trinajstić information content (AvgIpc) is 3.44. The quantitative estimate of drug-likeness (QED) is 0.113. The van der Waals surface area contributed by atoms with Gasteiger partial charge in [-0.1, -0.05) is 60.7 Å². The van der Waals surface area contributed by atoms with Gasteiger partial charge in [0.15, 0.2) is 0 Å². The van der Waals surface area contributed by atoms with E-state index in [0.29, 0.717) is 22.6 Å². The highest BCUT2D eigenvalue weighted by atomic mass is 16.5. The molecule has 0 saturated heterocycles. The molecule has 0 fully saturated rings. The number of nitrogens with zero attached hydrogens (tertiary/aromatic N) is 2. The number of nitriles is 1. The molecule has 1 aromatic heterocycles. The predicted molar refractivity (Wildman–Crippen MR) is 168 cm³/mol. The molecule has 1 heterocycles. The van der Waals surface area contributed by atoms with E-state index in [2.05, 4.69) is 16.0 Å². The molecule has 4 aromatic carbocycles. The molecular formula is C36H29N3O4. The van der Waals surface area contributed by atoms with E-state index in [1.165, 1.54) is 0 Å². The zero-order valence-electron chi connectivity index (χ0n) is 23.8. The van der Waals surface area contributed by atoms with Crippen LogP contribution in [-0.2, 0) is 9.53 Å². The van der Waals surface area contributed by atoms with Crippen LogP contribution < -0.4 is 10.1 Å². The Morgan fingerprint density at radius 2 is 1.49 bits per heavy atom. The van der Waals surface area contributed by atoms with Crippen LogP contribution in [0.1, 0.15) is 22.8 Å². The van der Waals surface area contributed by atoms with Gasteiger partial charge >= 0.3 is 5.97 Å². The number of rotatable bonds is 9. The average molecular weight is 568 g/mol. The number of anilines is 1. The third kappa shape index (κ3) is 6.39. The summed E-state index contributed by atoms with van der Waals surface area (Å²) in [5.41, 5.74) is 5.88. The maximum absolute atomic E-state index is 13.3. The fraction of sp³-hybridized carbons (Fsp3) is 0.0833. The van der Waals surface area contributed by atoms with E-state index in [0.717, 1.165) is 28.2 Å². The molecule has 1 amide bonds. The van der Waals surface area contributed by atoms with Gasteiger partial charge in [0.25, 0.3) is 5.91 Å². The normalized spacial score (nSPS) is 11.0. The second-order valence-electron chi connectivity index (χ2n) is 9.52. The lowest BCUT2D eigenvalue weighted by molar-refractivity contribution is -0.112. The molecular weight excluding hydrogens is 538 g/mol. The molecule has 0 unspecified atom stereocenters. The zero-order chi connectivity index (χ0) is 30.2. The predicted octanol–water partition coefficient (Wildman–Crippen LogP) is 7.54. The first-order valence-corrected chi connectivity index (χ1v) is 13.7. The molecule has 0 aliphatic rings. The number of carbonyl (C=O) groups is 2. The summed E-state index contributed by atoms with van der Waals surface area (Å²) in [5, 5.41) is 12.9. The summed E-state index contributed by atoms with van der Waals surface area (Å²) in [5.74, 6) is -0.260. The van der Waals surface area contributed by atoms with Gasteiger partial charge in [0, 0.05) is 16.9 Å². The van der Waals surface area contributed by atoms with Crippen LogP contribution in [0.5, 0.6) is 5.75 Å². The Hall–Kier alpha value is -5.87. The first-order chi connectivity index (χ1) is 21.0. The summed E-state index contributed by atoms with van der Waals surface area (Å²) in [6, 6.07) is 37.8. The number of hydrogen-bond acceptors (Lipinski definition) is 5. The van der Waals surface area contributed by atoms with E-state index in [1.807, 2.05) is 78.9 Å². The van der Waals surface area contributed by atoms with Crippen molar-refractivity contribution in [1.82, 2.24) is 4.57 Å². The van der Waals surface area contributed by atoms with E-state index in [-0.39, 0.29) is 12.2 Å². The molecule has 0 radical (unpaired) electrons. The van der Waals surface area contributed by atoms with E-state index < -0.39 is 11.9 Å². The maximum Gasteiger partial charge on any atom is 0.338 e. The van der Waals surface area contributed by atoms with Crippen molar-refractivity contribution in [2.45, 2.75) is 6.92 Å². The highest BCUT2D eigenvalue weighted by Crippen LogP contribution is 2.37. The van der Waals surface area contributed by atoms with Gasteiger partial charge < -0.3 is 19.4 Å². The Labute approximate surface area is 250 Å². The zero-order valence-corrected chi connectivity index (χ0v) is 23.8. The van der Waals surface area contributed by atoms with Crippen LogP contribution in [0.2, 0.25) is 0 Å². The summed E-state index contributed by atoms with van der Waals surface area (Å²) < 4.78 is 12.4. The minimum absolute atomic E-state index is 0.0533. The van der Waals surface area contributed by atoms with E-state index in [1.54, 1.807) is 56.5 Å². The van der Waals surface area contributed by atoms with Crippen LogP contribution >= 0.6 is 0 Å². The molecule has 7 heteroatoms. The van der Waals surface area contributed by atoms with Gasteiger partial charge in [-0.2, -0.15) is 5.26 Å². The van der Waals surface area contributed by atoms with Crippen molar-refractivity contribution in [2.75, 3.05) is 19.0 Å². The monoisotopic (exact) mass is 567 g/mol. The lowest BCUT2D eigenvalue weighted by Crippen LogP contribution is -2.13. The van der Waals surface area contributed by atoms with Gasteiger partial charge in [-0.05, 0) is 78.7 Å². The molecule has 5 aromatic rings. The molecule has 0 aliphatic carbocycles. The summed E-state index contributed by atoms with van der Waals surface area (Å²) in [4.78, 5) is 25.6. The number of esters is 1. The number of aromatic nitrogens is 1. The Morgan fingerprint density at radius 3 is 2.07 bits per heavy atom. The van der Waals surface area contributed by atoms with Crippen LogP contribution in [0.4, 0.5) is 5.69 Å². The topological polar surface area (TPSA) is 93.4 Å². The number of nitrogens with one attached hydrogen (secondary N) is 1. The number of amides is 1. The first-order valence-electron chi connectivity index (χ1n) is 13.7. The number of ether oxygens (including phenoxy) is 2. The molecule has 0 aliphatic heterocycles. The van der Waals surface area contributed by atoms with Gasteiger partial charge in [0.05, 0.1) is 30.7 Å². The largest absolute Gasteiger partial charge is 0.497 e. The van der Waals surface area contributed by atoms with Crippen molar-refractivity contribution in [1.29, 1.82) is 5.26 Å².